The van der Waals surface area contributed by atoms with Crippen LogP contribution in [0.2, 0.25) is 0 Å². The van der Waals surface area contributed by atoms with Crippen LogP contribution in [0.15, 0.2) is 66.9 Å². The monoisotopic (exact) mass is 359 g/mol. The van der Waals surface area contributed by atoms with Crippen molar-refractivity contribution in [3.8, 4) is 17.2 Å². The van der Waals surface area contributed by atoms with Crippen LogP contribution in [0, 0.1) is 6.92 Å². The summed E-state index contributed by atoms with van der Waals surface area (Å²) in [7, 11) is 1.67. The summed E-state index contributed by atoms with van der Waals surface area (Å²) >= 11 is 0. The molecule has 136 valence electrons. The van der Waals surface area contributed by atoms with Crippen LogP contribution in [-0.4, -0.2) is 16.9 Å². The van der Waals surface area contributed by atoms with E-state index < -0.39 is 0 Å². The highest BCUT2D eigenvalue weighted by molar-refractivity contribution is 5.80. The lowest BCUT2D eigenvalue weighted by molar-refractivity contribution is 0.414. The smallest absolute Gasteiger partial charge is 0.130 e. The summed E-state index contributed by atoms with van der Waals surface area (Å²) < 4.78 is 13.3. The number of benzene rings is 3. The Balaban J connectivity index is 1.62. The number of ether oxygens (including phenoxy) is 2. The number of fused-ring (bicyclic) bond motifs is 1. The van der Waals surface area contributed by atoms with Crippen molar-refractivity contribution in [3.05, 3.63) is 78.0 Å². The largest absolute Gasteiger partial charge is 0.497 e. The van der Waals surface area contributed by atoms with Crippen molar-refractivity contribution in [2.45, 2.75) is 13.5 Å². The van der Waals surface area contributed by atoms with Crippen molar-refractivity contribution >= 4 is 16.6 Å². The number of nitrogens with two attached hydrogens (primary N) is 1. The zero-order chi connectivity index (χ0) is 18.8. The van der Waals surface area contributed by atoms with E-state index in [1.54, 1.807) is 7.11 Å². The predicted molar refractivity (Wildman–Crippen MR) is 107 cm³/mol. The van der Waals surface area contributed by atoms with E-state index in [1.165, 1.54) is 0 Å². The molecule has 0 saturated carbocycles. The van der Waals surface area contributed by atoms with Gasteiger partial charge in [0.05, 0.1) is 25.4 Å². The molecule has 0 bridgehead atoms. The summed E-state index contributed by atoms with van der Waals surface area (Å²) in [5.41, 5.74) is 9.73. The van der Waals surface area contributed by atoms with Gasteiger partial charge in [0.25, 0.3) is 0 Å². The first-order chi connectivity index (χ1) is 13.1. The second-order valence-electron chi connectivity index (χ2n) is 6.50. The van der Waals surface area contributed by atoms with E-state index in [4.69, 9.17) is 15.2 Å². The fourth-order valence-corrected chi connectivity index (χ4v) is 3.06. The molecule has 1 aromatic heterocycles. The Morgan fingerprint density at radius 3 is 2.48 bits per heavy atom. The van der Waals surface area contributed by atoms with Crippen LogP contribution in [0.25, 0.3) is 10.9 Å². The molecule has 4 aromatic rings. The molecule has 0 aliphatic rings. The van der Waals surface area contributed by atoms with Gasteiger partial charge in [0.2, 0.25) is 0 Å². The first kappa shape index (κ1) is 17.0. The highest BCUT2D eigenvalue weighted by Gasteiger charge is 2.08. The minimum Gasteiger partial charge on any atom is -0.497 e. The second-order valence-corrected chi connectivity index (χ2v) is 6.50. The van der Waals surface area contributed by atoms with Crippen molar-refractivity contribution < 1.29 is 9.47 Å². The zero-order valence-electron chi connectivity index (χ0n) is 15.3. The lowest BCUT2D eigenvalue weighted by atomic mass is 10.2. The Bertz CT molecular complexity index is 1080. The van der Waals surface area contributed by atoms with Crippen molar-refractivity contribution in [3.63, 3.8) is 0 Å². The van der Waals surface area contributed by atoms with E-state index in [-0.39, 0.29) is 0 Å². The minimum atomic E-state index is 0.678. The van der Waals surface area contributed by atoms with Crippen molar-refractivity contribution in [1.82, 2.24) is 9.78 Å². The fourth-order valence-electron chi connectivity index (χ4n) is 3.06. The summed E-state index contributed by atoms with van der Waals surface area (Å²) in [4.78, 5) is 0. The molecule has 3 aromatic carbocycles. The first-order valence-electron chi connectivity index (χ1n) is 8.75. The minimum absolute atomic E-state index is 0.678. The molecule has 1 heterocycles. The number of nitrogen functional groups attached to an aromatic ring is 1. The van der Waals surface area contributed by atoms with E-state index in [9.17, 15) is 0 Å². The van der Waals surface area contributed by atoms with Gasteiger partial charge in [-0.1, -0.05) is 12.1 Å². The van der Waals surface area contributed by atoms with Gasteiger partial charge in [-0.2, -0.15) is 5.10 Å². The molecule has 0 fully saturated rings. The van der Waals surface area contributed by atoms with Gasteiger partial charge in [0.15, 0.2) is 0 Å². The Morgan fingerprint density at radius 2 is 1.74 bits per heavy atom. The molecule has 0 amide bonds. The number of methoxy groups -OCH3 is 1. The second kappa shape index (κ2) is 7.03. The lowest BCUT2D eigenvalue weighted by Gasteiger charge is -2.10. The number of hydrogen-bond donors (Lipinski definition) is 1. The lowest BCUT2D eigenvalue weighted by Crippen LogP contribution is -2.01. The quantitative estimate of drug-likeness (QED) is 0.521. The van der Waals surface area contributed by atoms with Gasteiger partial charge in [-0.3, -0.25) is 4.68 Å². The number of hydrogen-bond acceptors (Lipinski definition) is 4. The van der Waals surface area contributed by atoms with E-state index in [0.29, 0.717) is 6.54 Å². The molecule has 2 N–H and O–H groups in total. The Morgan fingerprint density at radius 1 is 0.963 bits per heavy atom. The van der Waals surface area contributed by atoms with Gasteiger partial charge in [0, 0.05) is 17.1 Å². The third-order valence-electron chi connectivity index (χ3n) is 4.53. The molecule has 0 saturated heterocycles. The number of anilines is 1. The van der Waals surface area contributed by atoms with Crippen LogP contribution in [0.4, 0.5) is 5.69 Å². The number of aryl methyl sites for hydroxylation is 1. The van der Waals surface area contributed by atoms with Gasteiger partial charge in [0.1, 0.15) is 17.2 Å². The molecule has 0 unspecified atom stereocenters. The van der Waals surface area contributed by atoms with Crippen LogP contribution in [-0.2, 0) is 6.54 Å². The molecule has 0 aliphatic carbocycles. The van der Waals surface area contributed by atoms with Crippen molar-refractivity contribution in [1.29, 1.82) is 0 Å². The molecule has 27 heavy (non-hydrogen) atoms. The molecule has 5 heteroatoms. The summed E-state index contributed by atoms with van der Waals surface area (Å²) in [5.74, 6) is 2.41. The molecule has 0 atom stereocenters. The highest BCUT2D eigenvalue weighted by atomic mass is 16.5. The molecule has 5 nitrogen and oxygen atoms in total. The molecular weight excluding hydrogens is 338 g/mol. The van der Waals surface area contributed by atoms with Gasteiger partial charge < -0.3 is 15.2 Å². The molecule has 4 rings (SSSR count). The van der Waals surface area contributed by atoms with Gasteiger partial charge >= 0.3 is 0 Å². The molecular formula is C22H21N3O2. The average Bonchev–Trinajstić information content (AvgIpc) is 3.07. The Hall–Kier alpha value is -3.47. The van der Waals surface area contributed by atoms with Gasteiger partial charge in [-0.05, 0) is 60.5 Å². The zero-order valence-corrected chi connectivity index (χ0v) is 15.3. The average molecular weight is 359 g/mol. The number of aromatic nitrogens is 2. The third kappa shape index (κ3) is 3.58. The van der Waals surface area contributed by atoms with Crippen LogP contribution >= 0.6 is 0 Å². The van der Waals surface area contributed by atoms with E-state index in [1.807, 2.05) is 78.5 Å². The molecule has 0 aliphatic heterocycles. The van der Waals surface area contributed by atoms with Gasteiger partial charge in [-0.15, -0.1) is 0 Å². The Kier molecular flexibility index (Phi) is 4.42. The maximum atomic E-state index is 6.06. The van der Waals surface area contributed by atoms with E-state index in [2.05, 4.69) is 5.10 Å². The van der Waals surface area contributed by atoms with Crippen molar-refractivity contribution in [2.24, 2.45) is 0 Å². The van der Waals surface area contributed by atoms with Crippen LogP contribution in [0.1, 0.15) is 11.1 Å². The van der Waals surface area contributed by atoms with Crippen LogP contribution in [0.3, 0.4) is 0 Å². The van der Waals surface area contributed by atoms with Gasteiger partial charge in [-0.25, -0.2) is 0 Å². The predicted octanol–water partition coefficient (Wildman–Crippen LogP) is 4.78. The standard InChI is InChI=1S/C22H21N3O2/c1-15-11-18(23)6-10-22(15)27-20-9-5-17-13-24-25(21(17)12-20)14-16-3-7-19(26-2)8-4-16/h3-13H,14,23H2,1-2H3. The SMILES string of the molecule is COc1ccc(Cn2ncc3ccc(Oc4ccc(N)cc4C)cc32)cc1. The van der Waals surface area contributed by atoms with E-state index >= 15 is 0 Å². The normalized spacial score (nSPS) is 10.9. The third-order valence-corrected chi connectivity index (χ3v) is 4.53. The maximum Gasteiger partial charge on any atom is 0.130 e. The van der Waals surface area contributed by atoms with Crippen LogP contribution in [0.5, 0.6) is 17.2 Å². The summed E-state index contributed by atoms with van der Waals surface area (Å²) in [6.45, 7) is 2.66. The van der Waals surface area contributed by atoms with E-state index in [0.717, 1.165) is 45.0 Å². The number of rotatable bonds is 5. The van der Waals surface area contributed by atoms with Crippen LogP contribution < -0.4 is 15.2 Å². The summed E-state index contributed by atoms with van der Waals surface area (Å²) in [6, 6.07) is 19.6. The maximum absolute atomic E-state index is 6.06. The summed E-state index contributed by atoms with van der Waals surface area (Å²) in [5, 5.41) is 5.60. The fraction of sp³-hybridized carbons (Fsp3) is 0.136. The highest BCUT2D eigenvalue weighted by Crippen LogP contribution is 2.29. The van der Waals surface area contributed by atoms with Crippen molar-refractivity contribution in [2.75, 3.05) is 12.8 Å². The number of nitrogens with zero attached hydrogens (tertiary/aromatic N) is 2. The topological polar surface area (TPSA) is 62.3 Å². The Labute approximate surface area is 157 Å². The first-order valence-corrected chi connectivity index (χ1v) is 8.75. The summed E-state index contributed by atoms with van der Waals surface area (Å²) in [6.07, 6.45) is 1.87. The molecule has 0 spiro atoms. The molecule has 0 radical (unpaired) electrons.